The first-order chi connectivity index (χ1) is 25.6. The Hall–Kier alpha value is -4.67. The molecule has 0 aliphatic rings. The molecule has 5 heteroatoms. The minimum absolute atomic E-state index is 0. The molecule has 0 amide bonds. The van der Waals surface area contributed by atoms with Gasteiger partial charge in [0.25, 0.3) is 0 Å². The van der Waals surface area contributed by atoms with E-state index in [-0.39, 0.29) is 25.7 Å². The Bertz CT molecular complexity index is 2440. The van der Waals surface area contributed by atoms with E-state index in [0.29, 0.717) is 11.8 Å². The summed E-state index contributed by atoms with van der Waals surface area (Å²) in [4.78, 5) is 9.32. The summed E-state index contributed by atoms with van der Waals surface area (Å²) in [6.45, 7) is 7.87. The van der Waals surface area contributed by atoms with Gasteiger partial charge in [0.05, 0.1) is 16.9 Å². The van der Waals surface area contributed by atoms with Crippen LogP contribution in [-0.4, -0.2) is 14.5 Å². The molecule has 0 aliphatic heterocycles. The fraction of sp³-hybridized carbons (Fsp3) is 0.174. The van der Waals surface area contributed by atoms with Gasteiger partial charge in [-0.2, -0.15) is 0 Å². The number of rotatable bonds is 7. The van der Waals surface area contributed by atoms with Crippen LogP contribution in [0.15, 0.2) is 134 Å². The third-order valence-electron chi connectivity index (χ3n) is 9.05. The average Bonchev–Trinajstić information content (AvgIpc) is 3.76. The Morgan fingerprint density at radius 1 is 0.765 bits per heavy atom. The maximum atomic E-state index is 7.23. The van der Waals surface area contributed by atoms with Crippen LogP contribution in [0, 0.1) is 18.3 Å². The van der Waals surface area contributed by atoms with Crippen LogP contribution in [0.25, 0.3) is 54.9 Å². The summed E-state index contributed by atoms with van der Waals surface area (Å²) in [5.41, 5.74) is 11.8. The number of hydrogen-bond donors (Lipinski definition) is 0. The summed E-state index contributed by atoms with van der Waals surface area (Å²) < 4.78 is 25.3. The van der Waals surface area contributed by atoms with Gasteiger partial charge in [0, 0.05) is 37.0 Å². The second-order valence-corrected chi connectivity index (χ2v) is 13.9. The molecule has 0 N–H and O–H groups in total. The molecule has 0 atom stereocenters. The van der Waals surface area contributed by atoms with Crippen molar-refractivity contribution in [2.75, 3.05) is 0 Å². The Kier molecular flexibility index (Phi) is 10.2. The number of thiophene rings is 1. The number of hydrogen-bond acceptors (Lipinski definition) is 3. The zero-order chi connectivity index (χ0) is 37.1. The van der Waals surface area contributed by atoms with Crippen LogP contribution in [-0.2, 0) is 26.7 Å². The zero-order valence-electron chi connectivity index (χ0n) is 32.1. The van der Waals surface area contributed by atoms with E-state index in [4.69, 9.17) is 9.10 Å². The van der Waals surface area contributed by atoms with Crippen molar-refractivity contribution in [3.05, 3.63) is 167 Å². The van der Waals surface area contributed by atoms with Gasteiger partial charge in [-0.3, -0.25) is 16.3 Å². The van der Waals surface area contributed by atoms with Crippen molar-refractivity contribution in [2.24, 2.45) is 0 Å². The van der Waals surface area contributed by atoms with E-state index in [0.717, 1.165) is 40.2 Å². The van der Waals surface area contributed by atoms with Gasteiger partial charge in [-0.25, -0.2) is 0 Å². The maximum absolute atomic E-state index is 7.23. The Morgan fingerprint density at radius 2 is 1.51 bits per heavy atom. The summed E-state index contributed by atoms with van der Waals surface area (Å²) in [5, 5.41) is 4.84. The van der Waals surface area contributed by atoms with E-state index in [1.807, 2.05) is 18.2 Å². The first-order valence-electron chi connectivity index (χ1n) is 18.6. The summed E-state index contributed by atoms with van der Waals surface area (Å²) in [5.74, 6) is 1.90. The van der Waals surface area contributed by atoms with Crippen molar-refractivity contribution in [2.45, 2.75) is 52.9 Å². The van der Waals surface area contributed by atoms with Crippen LogP contribution < -0.4 is 0 Å². The number of fused-ring (bicyclic) bond motifs is 2. The summed E-state index contributed by atoms with van der Waals surface area (Å²) >= 11 is 1.68. The predicted molar refractivity (Wildman–Crippen MR) is 212 cm³/mol. The SMILES string of the molecule is CC(C)c1cccc(C(C)C)c1Cn1c(-c2[c-]sc3ccc(-c4ccccc4)cc23)nc2ccccc21.[2H]C([2H])([2H])c1ccc(-c2[c-]cccc2)nc1.[Ir]. The zero-order valence-corrected chi connectivity index (χ0v) is 32.4. The number of pyridine rings is 1. The number of aromatic nitrogens is 3. The van der Waals surface area contributed by atoms with Crippen LogP contribution >= 0.6 is 11.3 Å². The first kappa shape index (κ1) is 32.3. The normalized spacial score (nSPS) is 12.2. The van der Waals surface area contributed by atoms with Crippen LogP contribution in [0.4, 0.5) is 0 Å². The van der Waals surface area contributed by atoms with Crippen molar-refractivity contribution < 1.29 is 24.2 Å². The molecule has 3 nitrogen and oxygen atoms in total. The Morgan fingerprint density at radius 3 is 2.20 bits per heavy atom. The summed E-state index contributed by atoms with van der Waals surface area (Å²) in [6, 6.07) is 46.4. The molecule has 8 rings (SSSR count). The molecule has 51 heavy (non-hydrogen) atoms. The second kappa shape index (κ2) is 16.1. The molecule has 0 saturated heterocycles. The van der Waals surface area contributed by atoms with Gasteiger partial charge in [0.15, 0.2) is 0 Å². The van der Waals surface area contributed by atoms with E-state index < -0.39 is 6.85 Å². The van der Waals surface area contributed by atoms with Crippen molar-refractivity contribution in [1.29, 1.82) is 0 Å². The van der Waals surface area contributed by atoms with Crippen LogP contribution in [0.3, 0.4) is 0 Å². The third kappa shape index (κ3) is 7.82. The van der Waals surface area contributed by atoms with Gasteiger partial charge in [-0.05, 0) is 69.9 Å². The van der Waals surface area contributed by atoms with Gasteiger partial charge in [-0.15, -0.1) is 41.3 Å². The van der Waals surface area contributed by atoms with Gasteiger partial charge < -0.3 is 9.55 Å². The van der Waals surface area contributed by atoms with E-state index in [1.54, 1.807) is 29.5 Å². The quantitative estimate of drug-likeness (QED) is 0.149. The van der Waals surface area contributed by atoms with E-state index >= 15 is 0 Å². The number of nitrogens with zero attached hydrogens (tertiary/aromatic N) is 3. The fourth-order valence-electron chi connectivity index (χ4n) is 6.53. The number of para-hydroxylation sites is 2. The average molecular weight is 863 g/mol. The Labute approximate surface area is 323 Å². The number of imidazole rings is 1. The number of aryl methyl sites for hydroxylation is 1. The molecule has 5 aromatic carbocycles. The fourth-order valence-corrected chi connectivity index (χ4v) is 7.35. The molecule has 3 aromatic heterocycles. The van der Waals surface area contributed by atoms with Crippen molar-refractivity contribution in [1.82, 2.24) is 14.5 Å². The van der Waals surface area contributed by atoms with Gasteiger partial charge in [0.1, 0.15) is 0 Å². The monoisotopic (exact) mass is 863 g/mol. The number of benzene rings is 5. The Balaban J connectivity index is 0.000000246. The molecule has 3 heterocycles. The van der Waals surface area contributed by atoms with Gasteiger partial charge >= 0.3 is 0 Å². The largest absolute Gasteiger partial charge is 0.360 e. The first-order valence-corrected chi connectivity index (χ1v) is 17.9. The summed E-state index contributed by atoms with van der Waals surface area (Å²) in [6.07, 6.45) is 1.39. The third-order valence-corrected chi connectivity index (χ3v) is 9.94. The molecule has 0 aliphatic carbocycles. The van der Waals surface area contributed by atoms with E-state index in [2.05, 4.69) is 140 Å². The molecule has 8 aromatic rings. The van der Waals surface area contributed by atoms with Crippen molar-refractivity contribution >= 4 is 32.5 Å². The molecule has 0 bridgehead atoms. The van der Waals surface area contributed by atoms with Crippen LogP contribution in [0.1, 0.15) is 65.9 Å². The van der Waals surface area contributed by atoms with Crippen LogP contribution in [0.5, 0.6) is 0 Å². The van der Waals surface area contributed by atoms with Crippen molar-refractivity contribution in [3.8, 4) is 33.8 Å². The smallest absolute Gasteiger partial charge is 0.0770 e. The molecule has 0 spiro atoms. The molecule has 1 radical (unpaired) electrons. The molecule has 257 valence electrons. The second-order valence-electron chi connectivity index (χ2n) is 13.1. The van der Waals surface area contributed by atoms with E-state index in [9.17, 15) is 0 Å². The minimum Gasteiger partial charge on any atom is -0.360 e. The van der Waals surface area contributed by atoms with Gasteiger partial charge in [-0.1, -0.05) is 134 Å². The molecular formula is C46H41IrN3S-2. The van der Waals surface area contributed by atoms with Crippen molar-refractivity contribution in [3.63, 3.8) is 0 Å². The van der Waals surface area contributed by atoms with Gasteiger partial charge in [0.2, 0.25) is 0 Å². The minimum atomic E-state index is -2.09. The topological polar surface area (TPSA) is 30.7 Å². The molecular weight excluding hydrogens is 819 g/mol. The maximum Gasteiger partial charge on any atom is 0.0770 e. The van der Waals surface area contributed by atoms with Crippen LogP contribution in [0.2, 0.25) is 0 Å². The molecule has 0 saturated carbocycles. The molecule has 0 fully saturated rings. The summed E-state index contributed by atoms with van der Waals surface area (Å²) in [7, 11) is 0. The molecule has 0 unspecified atom stereocenters. The van der Waals surface area contributed by atoms with E-state index in [1.165, 1.54) is 44.1 Å². The standard InChI is InChI=1S/C34H31N2S.C12H10N.Ir/c1-22(2)26-13-10-14-27(23(3)4)29(26)20-36-32-16-9-8-15-31(32)35-34(36)30-21-37-33-18-17-25(19-28(30)33)24-11-6-5-7-12-24;1-10-7-8-12(13-9-10)11-5-3-2-4-6-11;/h5-19,22-23H,20H2,1-4H3;2-5,7-9H,1H3;/q2*-1;/i;1D3;. The predicted octanol–water partition coefficient (Wildman–Crippen LogP) is 12.5.